The van der Waals surface area contributed by atoms with Crippen LogP contribution in [0, 0.1) is 6.92 Å². The molecule has 0 unspecified atom stereocenters. The third-order valence-electron chi connectivity index (χ3n) is 2.99. The van der Waals surface area contributed by atoms with Crippen molar-refractivity contribution in [1.82, 2.24) is 20.1 Å². The van der Waals surface area contributed by atoms with Gasteiger partial charge >= 0.3 is 0 Å². The Hall–Kier alpha value is -1.69. The molecule has 1 N–H and O–H groups in total. The Kier molecular flexibility index (Phi) is 3.94. The van der Waals surface area contributed by atoms with E-state index < -0.39 is 0 Å². The summed E-state index contributed by atoms with van der Waals surface area (Å²) in [6, 6.07) is 2.01. The Morgan fingerprint density at radius 1 is 1.45 bits per heavy atom. The number of nitrogens with zero attached hydrogens (tertiary/aromatic N) is 3. The number of aromatic amines is 1. The van der Waals surface area contributed by atoms with Crippen molar-refractivity contribution < 1.29 is 4.79 Å². The highest BCUT2D eigenvalue weighted by Crippen LogP contribution is 2.21. The first-order valence-corrected chi connectivity index (χ1v) is 7.37. The molecule has 0 aliphatic carbocycles. The van der Waals surface area contributed by atoms with Crippen molar-refractivity contribution in [1.29, 1.82) is 0 Å². The molecule has 6 heteroatoms. The molecule has 0 spiro atoms. The molecule has 0 aromatic carbocycles. The van der Waals surface area contributed by atoms with E-state index in [9.17, 15) is 4.79 Å². The van der Waals surface area contributed by atoms with E-state index >= 15 is 0 Å². The Morgan fingerprint density at radius 3 is 2.65 bits per heavy atom. The van der Waals surface area contributed by atoms with Crippen LogP contribution in [0.15, 0.2) is 11.4 Å². The smallest absolute Gasteiger partial charge is 0.273 e. The number of amides is 1. The fourth-order valence-corrected chi connectivity index (χ4v) is 2.40. The van der Waals surface area contributed by atoms with Gasteiger partial charge in [0.1, 0.15) is 5.69 Å². The first kappa shape index (κ1) is 14.7. The number of rotatable bonds is 3. The van der Waals surface area contributed by atoms with Crippen LogP contribution < -0.4 is 0 Å². The van der Waals surface area contributed by atoms with Gasteiger partial charge in [0, 0.05) is 17.8 Å². The Bertz CT molecular complexity index is 609. The largest absolute Gasteiger partial charge is 0.334 e. The average molecular weight is 292 g/mol. The summed E-state index contributed by atoms with van der Waals surface area (Å²) in [4.78, 5) is 18.1. The second kappa shape index (κ2) is 5.36. The predicted octanol–water partition coefficient (Wildman–Crippen LogP) is 2.74. The van der Waals surface area contributed by atoms with Gasteiger partial charge in [-0.05, 0) is 13.0 Å². The van der Waals surface area contributed by atoms with Gasteiger partial charge in [-0.1, -0.05) is 20.8 Å². The predicted molar refractivity (Wildman–Crippen MR) is 79.9 cm³/mol. The number of carbonyl (C=O) groups is 1. The summed E-state index contributed by atoms with van der Waals surface area (Å²) >= 11 is 1.49. The number of H-pyrrole nitrogens is 1. The number of hydrogen-bond acceptors (Lipinski definition) is 4. The topological polar surface area (TPSA) is 61.9 Å². The highest BCUT2D eigenvalue weighted by molar-refractivity contribution is 7.09. The van der Waals surface area contributed by atoms with Crippen LogP contribution in [0.5, 0.6) is 0 Å². The number of thiazole rings is 1. The first-order chi connectivity index (χ1) is 9.27. The lowest BCUT2D eigenvalue weighted by atomic mass is 9.92. The second-order valence-electron chi connectivity index (χ2n) is 5.94. The van der Waals surface area contributed by atoms with E-state index in [-0.39, 0.29) is 11.3 Å². The van der Waals surface area contributed by atoms with Gasteiger partial charge in [-0.15, -0.1) is 11.3 Å². The lowest BCUT2D eigenvalue weighted by molar-refractivity contribution is 0.0778. The molecule has 2 rings (SSSR count). The molecule has 0 saturated heterocycles. The van der Waals surface area contributed by atoms with E-state index in [1.165, 1.54) is 11.3 Å². The van der Waals surface area contributed by atoms with Crippen molar-refractivity contribution >= 4 is 17.2 Å². The molecule has 0 bridgehead atoms. The molecule has 0 saturated carbocycles. The zero-order valence-electron chi connectivity index (χ0n) is 12.5. The fraction of sp³-hybridized carbons (Fsp3) is 0.500. The van der Waals surface area contributed by atoms with Gasteiger partial charge in [0.25, 0.3) is 5.91 Å². The van der Waals surface area contributed by atoms with Gasteiger partial charge in [0.05, 0.1) is 22.9 Å². The molecular formula is C14H20N4OS. The zero-order valence-corrected chi connectivity index (χ0v) is 13.3. The minimum Gasteiger partial charge on any atom is -0.334 e. The van der Waals surface area contributed by atoms with E-state index in [2.05, 4.69) is 36.0 Å². The first-order valence-electron chi connectivity index (χ1n) is 6.50. The van der Waals surface area contributed by atoms with Gasteiger partial charge in [0.15, 0.2) is 0 Å². The Labute approximate surface area is 123 Å². The number of carbonyl (C=O) groups excluding carboxylic acids is 1. The van der Waals surface area contributed by atoms with Crippen molar-refractivity contribution in [2.75, 3.05) is 7.05 Å². The molecule has 0 fully saturated rings. The number of hydrogen-bond donors (Lipinski definition) is 1. The van der Waals surface area contributed by atoms with Crippen LogP contribution in [0.1, 0.15) is 47.7 Å². The van der Waals surface area contributed by atoms with Gasteiger partial charge in [-0.2, -0.15) is 5.10 Å². The van der Waals surface area contributed by atoms with Gasteiger partial charge < -0.3 is 4.90 Å². The Balaban J connectivity index is 2.06. The minimum atomic E-state index is -0.0683. The van der Waals surface area contributed by atoms with Crippen LogP contribution >= 0.6 is 11.3 Å². The second-order valence-corrected chi connectivity index (χ2v) is 7.00. The molecule has 5 nitrogen and oxygen atoms in total. The van der Waals surface area contributed by atoms with Crippen molar-refractivity contribution in [2.24, 2.45) is 0 Å². The molecule has 2 aromatic rings. The quantitative estimate of drug-likeness (QED) is 0.946. The van der Waals surface area contributed by atoms with Crippen molar-refractivity contribution in [3.05, 3.63) is 33.5 Å². The van der Waals surface area contributed by atoms with Crippen LogP contribution in [0.4, 0.5) is 0 Å². The standard InChI is InChI=1S/C14H20N4OS/c1-9-15-11(8-20-9)13(19)18(5)7-10-6-12(17-16-10)14(2,3)4/h6,8H,7H2,1-5H3,(H,16,17). The summed E-state index contributed by atoms with van der Waals surface area (Å²) in [7, 11) is 1.77. The molecule has 0 atom stereocenters. The van der Waals surface area contributed by atoms with E-state index in [4.69, 9.17) is 0 Å². The van der Waals surface area contributed by atoms with Gasteiger partial charge in [0.2, 0.25) is 0 Å². The van der Waals surface area contributed by atoms with Gasteiger partial charge in [-0.3, -0.25) is 9.89 Å². The summed E-state index contributed by atoms with van der Waals surface area (Å²) < 4.78 is 0. The zero-order chi connectivity index (χ0) is 14.9. The van der Waals surface area contributed by atoms with E-state index in [0.717, 1.165) is 16.4 Å². The number of aryl methyl sites for hydroxylation is 1. The maximum atomic E-state index is 12.2. The lowest BCUT2D eigenvalue weighted by Gasteiger charge is -2.15. The van der Waals surface area contributed by atoms with Crippen LogP contribution in [0.2, 0.25) is 0 Å². The van der Waals surface area contributed by atoms with E-state index in [0.29, 0.717) is 12.2 Å². The maximum Gasteiger partial charge on any atom is 0.273 e. The molecule has 108 valence electrons. The maximum absolute atomic E-state index is 12.2. The number of nitrogens with one attached hydrogen (secondary N) is 1. The van der Waals surface area contributed by atoms with Crippen molar-refractivity contribution in [3.8, 4) is 0 Å². The van der Waals surface area contributed by atoms with Crippen LogP contribution in [0.25, 0.3) is 0 Å². The lowest BCUT2D eigenvalue weighted by Crippen LogP contribution is -2.26. The summed E-state index contributed by atoms with van der Waals surface area (Å²) in [6.07, 6.45) is 0. The molecule has 0 aliphatic heterocycles. The number of aromatic nitrogens is 3. The molecule has 2 aromatic heterocycles. The molecule has 2 heterocycles. The molecule has 0 aliphatic rings. The third-order valence-corrected chi connectivity index (χ3v) is 3.77. The fourth-order valence-electron chi connectivity index (χ4n) is 1.81. The third kappa shape index (κ3) is 3.25. The molecule has 20 heavy (non-hydrogen) atoms. The molecule has 1 amide bonds. The molecule has 0 radical (unpaired) electrons. The summed E-state index contributed by atoms with van der Waals surface area (Å²) in [5.74, 6) is -0.0683. The average Bonchev–Trinajstić information content (AvgIpc) is 2.96. The van der Waals surface area contributed by atoms with Crippen LogP contribution in [-0.4, -0.2) is 33.0 Å². The summed E-state index contributed by atoms with van der Waals surface area (Å²) in [6.45, 7) is 8.73. The van der Waals surface area contributed by atoms with Crippen molar-refractivity contribution in [3.63, 3.8) is 0 Å². The molecular weight excluding hydrogens is 272 g/mol. The van der Waals surface area contributed by atoms with Crippen LogP contribution in [0.3, 0.4) is 0 Å². The monoisotopic (exact) mass is 292 g/mol. The van der Waals surface area contributed by atoms with Gasteiger partial charge in [-0.25, -0.2) is 4.98 Å². The van der Waals surface area contributed by atoms with E-state index in [1.807, 2.05) is 13.0 Å². The summed E-state index contributed by atoms with van der Waals surface area (Å²) in [5.41, 5.74) is 2.43. The SMILES string of the molecule is Cc1nc(C(=O)N(C)Cc2cc(C(C)(C)C)n[nH]2)cs1. The van der Waals surface area contributed by atoms with E-state index in [1.54, 1.807) is 17.3 Å². The van der Waals surface area contributed by atoms with Crippen LogP contribution in [-0.2, 0) is 12.0 Å². The Morgan fingerprint density at radius 2 is 2.15 bits per heavy atom. The van der Waals surface area contributed by atoms with Crippen molar-refractivity contribution in [2.45, 2.75) is 39.7 Å². The highest BCUT2D eigenvalue weighted by atomic mass is 32.1. The summed E-state index contributed by atoms with van der Waals surface area (Å²) in [5, 5.41) is 9.99. The highest BCUT2D eigenvalue weighted by Gasteiger charge is 2.19. The minimum absolute atomic E-state index is 0.00333. The normalized spacial score (nSPS) is 11.7.